The number of para-hydroxylation sites is 2. The Labute approximate surface area is 203 Å². The molecule has 0 radical (unpaired) electrons. The van der Waals surface area contributed by atoms with E-state index in [1.165, 1.54) is 19.1 Å². The Hall–Kier alpha value is -4.53. The van der Waals surface area contributed by atoms with E-state index in [1.807, 2.05) is 30.3 Å². The van der Waals surface area contributed by atoms with Gasteiger partial charge in [0, 0.05) is 18.2 Å². The van der Waals surface area contributed by atoms with Crippen LogP contribution in [0.25, 0.3) is 0 Å². The van der Waals surface area contributed by atoms with Crippen LogP contribution in [0.3, 0.4) is 0 Å². The number of nitrogens with zero attached hydrogens (tertiary/aromatic N) is 1. The van der Waals surface area contributed by atoms with Crippen LogP contribution in [0.15, 0.2) is 72.8 Å². The van der Waals surface area contributed by atoms with Crippen molar-refractivity contribution in [3.63, 3.8) is 0 Å². The third-order valence-electron chi connectivity index (χ3n) is 5.56. The molecule has 1 aliphatic heterocycles. The molecule has 4 rings (SSSR count). The number of rotatable bonds is 7. The van der Waals surface area contributed by atoms with Gasteiger partial charge in [-0.25, -0.2) is 4.79 Å². The van der Waals surface area contributed by atoms with E-state index in [9.17, 15) is 14.4 Å². The van der Waals surface area contributed by atoms with Gasteiger partial charge >= 0.3 is 6.03 Å². The van der Waals surface area contributed by atoms with Crippen molar-refractivity contribution < 1.29 is 23.9 Å². The third-order valence-corrected chi connectivity index (χ3v) is 5.56. The number of carbonyl (C=O) groups excluding carboxylic acids is 3. The predicted octanol–water partition coefficient (Wildman–Crippen LogP) is 3.42. The number of carbonyl (C=O) groups is 3. The molecule has 0 saturated heterocycles. The molecule has 0 bridgehead atoms. The number of amides is 4. The molecule has 3 N–H and O–H groups in total. The standard InChI is InChI=1S/C26H26N4O5/c1-34-22-13-12-18(15-23(22)35-2)27-25(32)20(14-17-8-4-3-5-9-17)29-26(33)30-16-24(31)28-19-10-6-7-11-21(19)30/h3-13,15,20H,14,16H2,1-2H3,(H,27,32)(H,28,31)(H,29,33)/t20-/m1/s1. The number of hydrogen-bond acceptors (Lipinski definition) is 5. The average molecular weight is 475 g/mol. The van der Waals surface area contributed by atoms with Crippen LogP contribution in [0.2, 0.25) is 0 Å². The molecule has 9 heteroatoms. The van der Waals surface area contributed by atoms with Crippen molar-refractivity contribution in [1.29, 1.82) is 0 Å². The van der Waals surface area contributed by atoms with Crippen LogP contribution in [-0.4, -0.2) is 44.7 Å². The molecule has 35 heavy (non-hydrogen) atoms. The Morgan fingerprint density at radius 3 is 2.43 bits per heavy atom. The maximum atomic E-state index is 13.3. The zero-order valence-electron chi connectivity index (χ0n) is 19.4. The minimum Gasteiger partial charge on any atom is -0.493 e. The molecule has 0 aliphatic carbocycles. The topological polar surface area (TPSA) is 109 Å². The summed E-state index contributed by atoms with van der Waals surface area (Å²) in [4.78, 5) is 40.1. The molecular formula is C26H26N4O5. The van der Waals surface area contributed by atoms with Gasteiger partial charge in [0.25, 0.3) is 0 Å². The zero-order chi connectivity index (χ0) is 24.8. The average Bonchev–Trinajstić information content (AvgIpc) is 2.88. The highest BCUT2D eigenvalue weighted by atomic mass is 16.5. The van der Waals surface area contributed by atoms with E-state index in [2.05, 4.69) is 16.0 Å². The molecule has 0 fully saturated rings. The normalized spacial score (nSPS) is 13.2. The molecule has 1 aliphatic rings. The van der Waals surface area contributed by atoms with Gasteiger partial charge < -0.3 is 25.4 Å². The van der Waals surface area contributed by atoms with Crippen molar-refractivity contribution in [3.8, 4) is 11.5 Å². The Kier molecular flexibility index (Phi) is 7.15. The van der Waals surface area contributed by atoms with Gasteiger partial charge in [-0.2, -0.15) is 0 Å². The maximum absolute atomic E-state index is 13.3. The first-order valence-electron chi connectivity index (χ1n) is 11.0. The third kappa shape index (κ3) is 5.52. The molecule has 0 saturated carbocycles. The Balaban J connectivity index is 1.57. The summed E-state index contributed by atoms with van der Waals surface area (Å²) in [6.45, 7) is -0.155. The second kappa shape index (κ2) is 10.6. The smallest absolute Gasteiger partial charge is 0.323 e. The summed E-state index contributed by atoms with van der Waals surface area (Å²) in [5, 5.41) is 8.40. The fraction of sp³-hybridized carbons (Fsp3) is 0.192. The molecule has 0 spiro atoms. The summed E-state index contributed by atoms with van der Waals surface area (Å²) in [5.74, 6) is 0.268. The number of hydrogen-bond donors (Lipinski definition) is 3. The van der Waals surface area contributed by atoms with Crippen molar-refractivity contribution in [2.24, 2.45) is 0 Å². The molecule has 0 unspecified atom stereocenters. The molecule has 3 aromatic rings. The van der Waals surface area contributed by atoms with Crippen LogP contribution in [0.4, 0.5) is 21.9 Å². The van der Waals surface area contributed by atoms with Crippen LogP contribution in [0, 0.1) is 0 Å². The SMILES string of the molecule is COc1ccc(NC(=O)[C@@H](Cc2ccccc2)NC(=O)N2CC(=O)Nc3ccccc32)cc1OC. The van der Waals surface area contributed by atoms with E-state index in [0.29, 0.717) is 28.6 Å². The summed E-state index contributed by atoms with van der Waals surface area (Å²) in [6, 6.07) is 19.9. The van der Waals surface area contributed by atoms with E-state index < -0.39 is 18.0 Å². The summed E-state index contributed by atoms with van der Waals surface area (Å²) in [5.41, 5.74) is 2.45. The first kappa shape index (κ1) is 23.6. The Morgan fingerprint density at radius 1 is 0.971 bits per heavy atom. The lowest BCUT2D eigenvalue weighted by molar-refractivity contribution is -0.118. The molecular weight excluding hydrogens is 448 g/mol. The van der Waals surface area contributed by atoms with Gasteiger partial charge in [0.2, 0.25) is 11.8 Å². The van der Waals surface area contributed by atoms with Gasteiger partial charge in [-0.15, -0.1) is 0 Å². The van der Waals surface area contributed by atoms with Gasteiger partial charge in [0.15, 0.2) is 11.5 Å². The molecule has 4 amide bonds. The highest BCUT2D eigenvalue weighted by Crippen LogP contribution is 2.30. The number of ether oxygens (including phenoxy) is 2. The van der Waals surface area contributed by atoms with Crippen LogP contribution in [-0.2, 0) is 16.0 Å². The predicted molar refractivity (Wildman–Crippen MR) is 133 cm³/mol. The second-order valence-corrected chi connectivity index (χ2v) is 7.90. The monoisotopic (exact) mass is 474 g/mol. The highest BCUT2D eigenvalue weighted by Gasteiger charge is 2.30. The van der Waals surface area contributed by atoms with Gasteiger partial charge in [-0.05, 0) is 29.8 Å². The van der Waals surface area contributed by atoms with Gasteiger partial charge in [-0.3, -0.25) is 14.5 Å². The van der Waals surface area contributed by atoms with Crippen molar-refractivity contribution in [2.75, 3.05) is 36.3 Å². The highest BCUT2D eigenvalue weighted by molar-refractivity contribution is 6.10. The number of nitrogens with one attached hydrogen (secondary N) is 3. The van der Waals surface area contributed by atoms with Crippen LogP contribution < -0.4 is 30.3 Å². The molecule has 0 aromatic heterocycles. The summed E-state index contributed by atoms with van der Waals surface area (Å²) >= 11 is 0. The first-order chi connectivity index (χ1) is 17.0. The van der Waals surface area contributed by atoms with Gasteiger partial charge in [-0.1, -0.05) is 42.5 Å². The molecule has 1 atom stereocenters. The quantitative estimate of drug-likeness (QED) is 0.486. The molecule has 3 aromatic carbocycles. The molecule has 1 heterocycles. The summed E-state index contributed by atoms with van der Waals surface area (Å²) < 4.78 is 10.6. The fourth-order valence-corrected chi connectivity index (χ4v) is 3.84. The molecule has 180 valence electrons. The van der Waals surface area contributed by atoms with Crippen molar-refractivity contribution in [2.45, 2.75) is 12.5 Å². The number of fused-ring (bicyclic) bond motifs is 1. The van der Waals surface area contributed by atoms with Crippen LogP contribution in [0.5, 0.6) is 11.5 Å². The van der Waals surface area contributed by atoms with E-state index >= 15 is 0 Å². The van der Waals surface area contributed by atoms with E-state index in [1.54, 1.807) is 42.5 Å². The lowest BCUT2D eigenvalue weighted by Gasteiger charge is -2.30. The maximum Gasteiger partial charge on any atom is 0.323 e. The zero-order valence-corrected chi connectivity index (χ0v) is 19.4. The largest absolute Gasteiger partial charge is 0.493 e. The Morgan fingerprint density at radius 2 is 1.69 bits per heavy atom. The van der Waals surface area contributed by atoms with E-state index in [0.717, 1.165) is 5.56 Å². The minimum absolute atomic E-state index is 0.155. The van der Waals surface area contributed by atoms with E-state index in [4.69, 9.17) is 9.47 Å². The molecule has 9 nitrogen and oxygen atoms in total. The second-order valence-electron chi connectivity index (χ2n) is 7.90. The van der Waals surface area contributed by atoms with Crippen LogP contribution >= 0.6 is 0 Å². The lowest BCUT2D eigenvalue weighted by Crippen LogP contribution is -2.53. The van der Waals surface area contributed by atoms with E-state index in [-0.39, 0.29) is 18.9 Å². The number of anilines is 3. The Bertz CT molecular complexity index is 1230. The number of urea groups is 1. The summed E-state index contributed by atoms with van der Waals surface area (Å²) in [7, 11) is 3.04. The van der Waals surface area contributed by atoms with Crippen molar-refractivity contribution in [1.82, 2.24) is 5.32 Å². The van der Waals surface area contributed by atoms with Gasteiger partial charge in [0.1, 0.15) is 12.6 Å². The van der Waals surface area contributed by atoms with Crippen LogP contribution in [0.1, 0.15) is 5.56 Å². The number of methoxy groups -OCH3 is 2. The van der Waals surface area contributed by atoms with Crippen molar-refractivity contribution >= 4 is 34.9 Å². The minimum atomic E-state index is -0.907. The lowest BCUT2D eigenvalue weighted by atomic mass is 10.1. The number of benzene rings is 3. The van der Waals surface area contributed by atoms with Crippen molar-refractivity contribution in [3.05, 3.63) is 78.4 Å². The van der Waals surface area contributed by atoms with Gasteiger partial charge in [0.05, 0.1) is 25.6 Å². The summed E-state index contributed by atoms with van der Waals surface area (Å²) in [6.07, 6.45) is 0.257. The first-order valence-corrected chi connectivity index (χ1v) is 11.0. The fourth-order valence-electron chi connectivity index (χ4n) is 3.84.